The molecule has 34 valence electrons. The minimum atomic E-state index is -0.833. The second-order valence-electron chi connectivity index (χ2n) is 0.519. The Morgan fingerprint density at radius 2 is 1.67 bits per heavy atom. The third-order valence-corrected chi connectivity index (χ3v) is 0. The summed E-state index contributed by atoms with van der Waals surface area (Å²) in [6, 6.07) is 0. The Kier molecular flexibility index (Phi) is 14.1. The van der Waals surface area contributed by atoms with Gasteiger partial charge in [-0.2, -0.15) is 0 Å². The van der Waals surface area contributed by atoms with Gasteiger partial charge in [-0.1, -0.05) is 0 Å². The number of rotatable bonds is 0. The fourth-order valence-electron chi connectivity index (χ4n) is 0. The fraction of sp³-hybridized carbons (Fsp3) is 0.500. The van der Waals surface area contributed by atoms with Crippen molar-refractivity contribution in [1.29, 1.82) is 0 Å². The van der Waals surface area contributed by atoms with Crippen molar-refractivity contribution in [2.24, 2.45) is 0 Å². The molecule has 0 spiro atoms. The zero-order valence-electron chi connectivity index (χ0n) is 3.26. The topological polar surface area (TPSA) is 54.4 Å². The van der Waals surface area contributed by atoms with Crippen molar-refractivity contribution in [2.45, 2.75) is 6.92 Å². The van der Waals surface area contributed by atoms with E-state index >= 15 is 0 Å². The summed E-state index contributed by atoms with van der Waals surface area (Å²) in [5.74, 6) is -0.833. The zero-order valence-corrected chi connectivity index (χ0v) is 6.86. The van der Waals surface area contributed by atoms with E-state index in [-0.39, 0.29) is 24.4 Å². The van der Waals surface area contributed by atoms with Crippen LogP contribution < -0.4 is 0 Å². The molecule has 6 heavy (non-hydrogen) atoms. The van der Waals surface area contributed by atoms with E-state index in [2.05, 4.69) is 0 Å². The van der Waals surface area contributed by atoms with Crippen molar-refractivity contribution < 1.29 is 37.1 Å². The molecule has 0 saturated heterocycles. The van der Waals surface area contributed by atoms with Gasteiger partial charge in [0.15, 0.2) is 0 Å². The molecular formula is C2H4HfO3. The van der Waals surface area contributed by atoms with E-state index in [0.717, 1.165) is 6.92 Å². The molecule has 1 N–H and O–H groups in total. The first-order valence-corrected chi connectivity index (χ1v) is 2.60. The first-order chi connectivity index (χ1) is 2.73. The Labute approximate surface area is 50.4 Å². The van der Waals surface area contributed by atoms with E-state index in [1.54, 1.807) is 0 Å². The first kappa shape index (κ1) is 9.46. The van der Waals surface area contributed by atoms with E-state index in [1.165, 1.54) is 0 Å². The second kappa shape index (κ2) is 8.94. The molecule has 0 heterocycles. The van der Waals surface area contributed by atoms with Gasteiger partial charge in [0.25, 0.3) is 5.97 Å². The van der Waals surface area contributed by atoms with E-state index in [4.69, 9.17) is 12.8 Å². The molecule has 4 heteroatoms. The SMILES string of the molecule is CC(=O)O.[O]=[Hf]. The van der Waals surface area contributed by atoms with Gasteiger partial charge in [0.2, 0.25) is 0 Å². The maximum atomic E-state index is 9.00. The van der Waals surface area contributed by atoms with Crippen LogP contribution in [0.5, 0.6) is 0 Å². The summed E-state index contributed by atoms with van der Waals surface area (Å²) in [6.07, 6.45) is 0. The molecule has 0 aliphatic carbocycles. The molecule has 0 rings (SSSR count). The Morgan fingerprint density at radius 3 is 1.67 bits per heavy atom. The monoisotopic (exact) mass is 256 g/mol. The van der Waals surface area contributed by atoms with Crippen LogP contribution in [0.1, 0.15) is 6.92 Å². The van der Waals surface area contributed by atoms with Crippen molar-refractivity contribution in [3.8, 4) is 0 Å². The van der Waals surface area contributed by atoms with E-state index in [0.29, 0.717) is 0 Å². The summed E-state index contributed by atoms with van der Waals surface area (Å²) >= 11 is 0.0556. The molecule has 0 amide bonds. The molecule has 0 atom stereocenters. The van der Waals surface area contributed by atoms with Gasteiger partial charge in [-0.15, -0.1) is 0 Å². The van der Waals surface area contributed by atoms with Crippen LogP contribution in [0.15, 0.2) is 0 Å². The van der Waals surface area contributed by atoms with Gasteiger partial charge >= 0.3 is 27.2 Å². The van der Waals surface area contributed by atoms with E-state index in [1.807, 2.05) is 0 Å². The Balaban J connectivity index is 0. The molecule has 0 radical (unpaired) electrons. The van der Waals surface area contributed by atoms with E-state index in [9.17, 15) is 0 Å². The third-order valence-electron chi connectivity index (χ3n) is 0. The normalized spacial score (nSPS) is 4.67. The zero-order chi connectivity index (χ0) is 5.58. The average Bonchev–Trinajstić information content (AvgIpc) is 1.41. The van der Waals surface area contributed by atoms with Crippen molar-refractivity contribution >= 4 is 5.97 Å². The van der Waals surface area contributed by atoms with Gasteiger partial charge < -0.3 is 5.11 Å². The van der Waals surface area contributed by atoms with Gasteiger partial charge in [0.1, 0.15) is 0 Å². The number of carboxylic acid groups (broad SMARTS) is 1. The summed E-state index contributed by atoms with van der Waals surface area (Å²) in [4.78, 5) is 9.00. The second-order valence-corrected chi connectivity index (χ2v) is 0.519. The summed E-state index contributed by atoms with van der Waals surface area (Å²) in [5, 5.41) is 7.42. The van der Waals surface area contributed by atoms with Gasteiger partial charge in [0.05, 0.1) is 0 Å². The third kappa shape index (κ3) is 2080. The Hall–Kier alpha value is 0.140. The Bertz CT molecular complexity index is 40.1. The molecule has 0 saturated carbocycles. The van der Waals surface area contributed by atoms with Crippen molar-refractivity contribution in [3.05, 3.63) is 0 Å². The van der Waals surface area contributed by atoms with Crippen LogP contribution in [0.25, 0.3) is 0 Å². The van der Waals surface area contributed by atoms with Crippen LogP contribution in [0.3, 0.4) is 0 Å². The van der Waals surface area contributed by atoms with Gasteiger partial charge in [-0.05, 0) is 0 Å². The standard InChI is InChI=1S/C2H4O2.Hf.O/c1-2(3)4;;/h1H3,(H,3,4);;. The summed E-state index contributed by atoms with van der Waals surface area (Å²) in [7, 11) is 0. The Morgan fingerprint density at radius 1 is 1.67 bits per heavy atom. The number of carboxylic acids is 1. The number of aliphatic carboxylic acids is 1. The summed E-state index contributed by atoms with van der Waals surface area (Å²) in [6.45, 7) is 1.08. The van der Waals surface area contributed by atoms with Crippen LogP contribution in [0.4, 0.5) is 0 Å². The predicted molar refractivity (Wildman–Crippen MR) is 14.0 cm³/mol. The predicted octanol–water partition coefficient (Wildman–Crippen LogP) is -0.0304. The fourth-order valence-corrected chi connectivity index (χ4v) is 0. The molecular weight excluding hydrogens is 251 g/mol. The molecule has 0 unspecified atom stereocenters. The van der Waals surface area contributed by atoms with Crippen LogP contribution in [0, 0.1) is 0 Å². The maximum absolute atomic E-state index is 9.00. The van der Waals surface area contributed by atoms with Crippen molar-refractivity contribution in [2.75, 3.05) is 0 Å². The molecule has 0 aromatic carbocycles. The quantitative estimate of drug-likeness (QED) is 0.618. The molecule has 3 nitrogen and oxygen atoms in total. The molecule has 0 aromatic heterocycles. The van der Waals surface area contributed by atoms with Crippen LogP contribution in [-0.4, -0.2) is 11.1 Å². The number of hydrogen-bond donors (Lipinski definition) is 1. The number of hydrogen-bond acceptors (Lipinski definition) is 2. The van der Waals surface area contributed by atoms with Gasteiger partial charge in [-0.25, -0.2) is 0 Å². The molecule has 0 bridgehead atoms. The van der Waals surface area contributed by atoms with E-state index < -0.39 is 5.97 Å². The van der Waals surface area contributed by atoms with Gasteiger partial charge in [-0.3, -0.25) is 4.79 Å². The number of carbonyl (C=O) groups is 1. The summed E-state index contributed by atoms with van der Waals surface area (Å²) in [5.41, 5.74) is 0. The molecule has 0 aliphatic heterocycles. The van der Waals surface area contributed by atoms with Crippen LogP contribution >= 0.6 is 0 Å². The van der Waals surface area contributed by atoms with Crippen molar-refractivity contribution in [3.63, 3.8) is 0 Å². The van der Waals surface area contributed by atoms with Crippen LogP contribution in [-0.2, 0) is 32.0 Å². The summed E-state index contributed by atoms with van der Waals surface area (Å²) < 4.78 is 8.39. The minimum absolute atomic E-state index is 0.0556. The van der Waals surface area contributed by atoms with Crippen molar-refractivity contribution in [1.82, 2.24) is 0 Å². The molecule has 0 aromatic rings. The first-order valence-electron chi connectivity index (χ1n) is 1.13. The molecule has 0 fully saturated rings. The van der Waals surface area contributed by atoms with Crippen LogP contribution in [0.2, 0.25) is 0 Å². The van der Waals surface area contributed by atoms with Gasteiger partial charge in [0, 0.05) is 6.92 Å². The average molecular weight is 255 g/mol. The molecule has 0 aliphatic rings.